The molecule has 4 nitrogen and oxygen atoms in total. The van der Waals surface area contributed by atoms with E-state index in [9.17, 15) is 8.78 Å². The maximum Gasteiger partial charge on any atom is 0.262 e. The SMILES string of the molecule is Cc1cc(NCC(C)(F)F)nc(N)n1. The van der Waals surface area contributed by atoms with E-state index in [1.165, 1.54) is 0 Å². The van der Waals surface area contributed by atoms with E-state index in [4.69, 9.17) is 5.73 Å². The minimum Gasteiger partial charge on any atom is -0.368 e. The Morgan fingerprint density at radius 2 is 2.14 bits per heavy atom. The maximum absolute atomic E-state index is 12.5. The van der Waals surface area contributed by atoms with Crippen LogP contribution in [0.3, 0.4) is 0 Å². The van der Waals surface area contributed by atoms with Gasteiger partial charge in [0.2, 0.25) is 5.95 Å². The third kappa shape index (κ3) is 3.51. The Bertz CT molecular complexity index is 301. The van der Waals surface area contributed by atoms with Gasteiger partial charge < -0.3 is 11.1 Å². The van der Waals surface area contributed by atoms with Gasteiger partial charge in [0.15, 0.2) is 0 Å². The van der Waals surface area contributed by atoms with Crippen molar-refractivity contribution >= 4 is 11.8 Å². The molecule has 0 spiro atoms. The Morgan fingerprint density at radius 1 is 1.50 bits per heavy atom. The molecule has 0 saturated carbocycles. The van der Waals surface area contributed by atoms with Gasteiger partial charge in [0.05, 0.1) is 6.54 Å². The summed E-state index contributed by atoms with van der Waals surface area (Å²) in [4.78, 5) is 7.58. The normalized spacial score (nSPS) is 11.4. The number of nitrogens with one attached hydrogen (secondary N) is 1. The van der Waals surface area contributed by atoms with Crippen molar-refractivity contribution in [2.24, 2.45) is 0 Å². The molecule has 0 radical (unpaired) electrons. The lowest BCUT2D eigenvalue weighted by Crippen LogP contribution is -2.23. The van der Waals surface area contributed by atoms with Gasteiger partial charge in [-0.25, -0.2) is 13.8 Å². The fraction of sp³-hybridized carbons (Fsp3) is 0.500. The summed E-state index contributed by atoms with van der Waals surface area (Å²) in [7, 11) is 0. The molecule has 0 fully saturated rings. The van der Waals surface area contributed by atoms with Crippen molar-refractivity contribution in [2.45, 2.75) is 19.8 Å². The molecule has 0 amide bonds. The third-order valence-electron chi connectivity index (χ3n) is 1.45. The monoisotopic (exact) mass is 202 g/mol. The Kier molecular flexibility index (Phi) is 2.83. The number of hydrogen-bond acceptors (Lipinski definition) is 4. The molecule has 78 valence electrons. The number of aryl methyl sites for hydroxylation is 1. The zero-order chi connectivity index (χ0) is 10.8. The van der Waals surface area contributed by atoms with Crippen LogP contribution in [0.5, 0.6) is 0 Å². The van der Waals surface area contributed by atoms with E-state index in [-0.39, 0.29) is 5.95 Å². The number of alkyl halides is 2. The van der Waals surface area contributed by atoms with Gasteiger partial charge in [0, 0.05) is 18.7 Å². The standard InChI is InChI=1S/C8H12F2N4/c1-5-3-6(14-7(11)13-5)12-4-8(2,9)10/h3H,4H2,1-2H3,(H3,11,12,13,14). The first-order valence-electron chi connectivity index (χ1n) is 4.10. The summed E-state index contributed by atoms with van der Waals surface area (Å²) in [6.07, 6.45) is 0. The number of nitrogen functional groups attached to an aromatic ring is 1. The summed E-state index contributed by atoms with van der Waals surface area (Å²) in [6, 6.07) is 1.56. The molecule has 0 aliphatic carbocycles. The Balaban J connectivity index is 2.68. The second kappa shape index (κ2) is 3.73. The summed E-state index contributed by atoms with van der Waals surface area (Å²) >= 11 is 0. The molecule has 0 aromatic carbocycles. The molecular formula is C8H12F2N4. The van der Waals surface area contributed by atoms with Crippen LogP contribution in [-0.2, 0) is 0 Å². The zero-order valence-electron chi connectivity index (χ0n) is 8.01. The number of hydrogen-bond donors (Lipinski definition) is 2. The Labute approximate surface area is 80.6 Å². The first-order valence-corrected chi connectivity index (χ1v) is 4.10. The van der Waals surface area contributed by atoms with Gasteiger partial charge >= 0.3 is 0 Å². The molecule has 0 aliphatic heterocycles. The van der Waals surface area contributed by atoms with Crippen LogP contribution in [0.2, 0.25) is 0 Å². The highest BCUT2D eigenvalue weighted by Gasteiger charge is 2.20. The van der Waals surface area contributed by atoms with Crippen LogP contribution in [0, 0.1) is 6.92 Å². The molecular weight excluding hydrogens is 190 g/mol. The van der Waals surface area contributed by atoms with E-state index >= 15 is 0 Å². The van der Waals surface area contributed by atoms with Crippen LogP contribution >= 0.6 is 0 Å². The topological polar surface area (TPSA) is 63.8 Å². The minimum absolute atomic E-state index is 0.0759. The molecule has 1 rings (SSSR count). The van der Waals surface area contributed by atoms with Crippen molar-refractivity contribution < 1.29 is 8.78 Å². The van der Waals surface area contributed by atoms with Gasteiger partial charge in [-0.1, -0.05) is 0 Å². The van der Waals surface area contributed by atoms with E-state index in [1.54, 1.807) is 13.0 Å². The van der Waals surface area contributed by atoms with E-state index in [0.717, 1.165) is 6.92 Å². The van der Waals surface area contributed by atoms with Crippen molar-refractivity contribution in [1.82, 2.24) is 9.97 Å². The fourth-order valence-corrected chi connectivity index (χ4v) is 0.928. The Hall–Kier alpha value is -1.46. The second-order valence-electron chi connectivity index (χ2n) is 3.18. The highest BCUT2D eigenvalue weighted by molar-refractivity contribution is 5.40. The average Bonchev–Trinajstić information content (AvgIpc) is 1.97. The molecule has 14 heavy (non-hydrogen) atoms. The number of aromatic nitrogens is 2. The molecule has 1 heterocycles. The number of nitrogens with zero attached hydrogens (tertiary/aromatic N) is 2. The first-order chi connectivity index (χ1) is 6.37. The van der Waals surface area contributed by atoms with Crippen LogP contribution in [0.25, 0.3) is 0 Å². The van der Waals surface area contributed by atoms with Gasteiger partial charge in [0.1, 0.15) is 5.82 Å². The minimum atomic E-state index is -2.77. The van der Waals surface area contributed by atoms with Gasteiger partial charge in [-0.15, -0.1) is 0 Å². The molecule has 0 bridgehead atoms. The number of anilines is 2. The average molecular weight is 202 g/mol. The largest absolute Gasteiger partial charge is 0.368 e. The highest BCUT2D eigenvalue weighted by Crippen LogP contribution is 2.13. The quantitative estimate of drug-likeness (QED) is 0.778. The van der Waals surface area contributed by atoms with Gasteiger partial charge in [-0.05, 0) is 6.92 Å². The molecule has 3 N–H and O–H groups in total. The molecule has 0 atom stereocenters. The molecule has 6 heteroatoms. The fourth-order valence-electron chi connectivity index (χ4n) is 0.928. The van der Waals surface area contributed by atoms with Crippen LogP contribution in [-0.4, -0.2) is 22.4 Å². The summed E-state index contributed by atoms with van der Waals surface area (Å²) < 4.78 is 24.9. The first kappa shape index (κ1) is 10.6. The predicted molar refractivity (Wildman–Crippen MR) is 50.3 cm³/mol. The number of rotatable bonds is 3. The van der Waals surface area contributed by atoms with Gasteiger partial charge in [-0.3, -0.25) is 0 Å². The van der Waals surface area contributed by atoms with Crippen molar-refractivity contribution in [3.05, 3.63) is 11.8 Å². The van der Waals surface area contributed by atoms with Crippen LogP contribution in [0.1, 0.15) is 12.6 Å². The number of nitrogens with two attached hydrogens (primary N) is 1. The summed E-state index contributed by atoms with van der Waals surface area (Å²) in [5.41, 5.74) is 5.99. The smallest absolute Gasteiger partial charge is 0.262 e. The molecule has 1 aromatic heterocycles. The van der Waals surface area contributed by atoms with Crippen LogP contribution in [0.15, 0.2) is 6.07 Å². The molecule has 0 aliphatic rings. The van der Waals surface area contributed by atoms with Gasteiger partial charge in [-0.2, -0.15) is 4.98 Å². The molecule has 1 aromatic rings. The Morgan fingerprint density at radius 3 is 2.64 bits per heavy atom. The molecule has 0 saturated heterocycles. The lowest BCUT2D eigenvalue weighted by atomic mass is 10.3. The predicted octanol–water partition coefficient (Wildman–Crippen LogP) is 1.43. The van der Waals surface area contributed by atoms with E-state index < -0.39 is 12.5 Å². The molecule has 0 unspecified atom stereocenters. The second-order valence-corrected chi connectivity index (χ2v) is 3.18. The van der Waals surface area contributed by atoms with E-state index in [2.05, 4.69) is 15.3 Å². The summed E-state index contributed by atoms with van der Waals surface area (Å²) in [5, 5.41) is 2.49. The van der Waals surface area contributed by atoms with Gasteiger partial charge in [0.25, 0.3) is 5.92 Å². The lowest BCUT2D eigenvalue weighted by Gasteiger charge is -2.12. The van der Waals surface area contributed by atoms with E-state index in [0.29, 0.717) is 11.5 Å². The van der Waals surface area contributed by atoms with Crippen LogP contribution in [0.4, 0.5) is 20.5 Å². The van der Waals surface area contributed by atoms with Crippen molar-refractivity contribution in [3.63, 3.8) is 0 Å². The third-order valence-corrected chi connectivity index (χ3v) is 1.45. The highest BCUT2D eigenvalue weighted by atomic mass is 19.3. The van der Waals surface area contributed by atoms with Crippen molar-refractivity contribution in [1.29, 1.82) is 0 Å². The summed E-state index contributed by atoms with van der Waals surface area (Å²) in [6.45, 7) is 2.08. The number of halogens is 2. The van der Waals surface area contributed by atoms with Crippen molar-refractivity contribution in [2.75, 3.05) is 17.6 Å². The van der Waals surface area contributed by atoms with Crippen LogP contribution < -0.4 is 11.1 Å². The summed E-state index contributed by atoms with van der Waals surface area (Å²) in [5.74, 6) is -2.38. The van der Waals surface area contributed by atoms with Crippen molar-refractivity contribution in [3.8, 4) is 0 Å². The van der Waals surface area contributed by atoms with E-state index in [1.807, 2.05) is 0 Å². The zero-order valence-corrected chi connectivity index (χ0v) is 8.01. The lowest BCUT2D eigenvalue weighted by molar-refractivity contribution is 0.0367. The maximum atomic E-state index is 12.5.